The molecule has 0 heterocycles. The fourth-order valence-corrected chi connectivity index (χ4v) is 4.85. The van der Waals surface area contributed by atoms with E-state index < -0.39 is 0 Å². The second-order valence-corrected chi connectivity index (χ2v) is 8.73. The summed E-state index contributed by atoms with van der Waals surface area (Å²) in [6, 6.07) is 6.16. The van der Waals surface area contributed by atoms with Crippen LogP contribution < -0.4 is 0 Å². The second kappa shape index (κ2) is 11.8. The van der Waals surface area contributed by atoms with E-state index in [4.69, 9.17) is 16.4 Å². The summed E-state index contributed by atoms with van der Waals surface area (Å²) < 4.78 is 0. The number of thioether (sulfide) groups is 2. The molecule has 1 atom stereocenters. The maximum absolute atomic E-state index is 12.4. The number of benzene rings is 1. The summed E-state index contributed by atoms with van der Waals surface area (Å²) >= 11 is 9.68. The molecule has 0 amide bonds. The van der Waals surface area contributed by atoms with Gasteiger partial charge < -0.3 is 9.94 Å². The third-order valence-electron chi connectivity index (χ3n) is 4.35. The zero-order chi connectivity index (χ0) is 19.6. The number of aliphatic hydroxyl groups is 1. The van der Waals surface area contributed by atoms with Crippen LogP contribution in [0.1, 0.15) is 32.6 Å². The summed E-state index contributed by atoms with van der Waals surface area (Å²) in [4.78, 5) is 19.6. The molecule has 0 saturated carbocycles. The van der Waals surface area contributed by atoms with Crippen molar-refractivity contribution in [3.63, 3.8) is 0 Å². The summed E-state index contributed by atoms with van der Waals surface area (Å²) in [6.07, 6.45) is 6.83. The lowest BCUT2D eigenvalue weighted by molar-refractivity contribution is -0.116. The van der Waals surface area contributed by atoms with Crippen LogP contribution in [0.15, 0.2) is 44.8 Å². The molecule has 0 bridgehead atoms. The van der Waals surface area contributed by atoms with Gasteiger partial charge in [-0.2, -0.15) is 0 Å². The van der Waals surface area contributed by atoms with Crippen molar-refractivity contribution in [2.75, 3.05) is 25.2 Å². The van der Waals surface area contributed by atoms with Gasteiger partial charge in [0.05, 0.1) is 17.3 Å². The van der Waals surface area contributed by atoms with Gasteiger partial charge >= 0.3 is 0 Å². The van der Waals surface area contributed by atoms with E-state index in [1.54, 1.807) is 23.5 Å². The van der Waals surface area contributed by atoms with Gasteiger partial charge in [0.2, 0.25) is 0 Å². The van der Waals surface area contributed by atoms with Crippen LogP contribution in [0.25, 0.3) is 0 Å². The molecule has 0 radical (unpaired) electrons. The first-order valence-corrected chi connectivity index (χ1v) is 11.6. The lowest BCUT2D eigenvalue weighted by Crippen LogP contribution is -2.19. The standard InChI is InChI=1S/C20H26ClNO3S2/c1-3-25-22-16(13-23)11-15-5-4-14(10-19(15)24)8-9-27-17-6-7-20(26-2)18(21)12-17/h5-7,12,14,23H,3-4,8-11,13H2,1-2H3. The summed E-state index contributed by atoms with van der Waals surface area (Å²) in [7, 11) is 0. The van der Waals surface area contributed by atoms with Crippen LogP contribution in [0.3, 0.4) is 0 Å². The molecule has 7 heteroatoms. The maximum atomic E-state index is 12.4. The highest BCUT2D eigenvalue weighted by Crippen LogP contribution is 2.32. The number of allylic oxidation sites excluding steroid dienone is 2. The number of oxime groups is 1. The number of carbonyl (C=O) groups is 1. The van der Waals surface area contributed by atoms with Crippen molar-refractivity contribution in [3.8, 4) is 0 Å². The van der Waals surface area contributed by atoms with Crippen LogP contribution in [-0.2, 0) is 9.63 Å². The fraction of sp³-hybridized carbons (Fsp3) is 0.500. The molecule has 0 aliphatic heterocycles. The average Bonchev–Trinajstić information content (AvgIpc) is 2.67. The minimum absolute atomic E-state index is 0.154. The van der Waals surface area contributed by atoms with Crippen molar-refractivity contribution in [3.05, 3.63) is 34.9 Å². The van der Waals surface area contributed by atoms with Gasteiger partial charge in [-0.05, 0) is 61.5 Å². The lowest BCUT2D eigenvalue weighted by Gasteiger charge is -2.21. The van der Waals surface area contributed by atoms with Gasteiger partial charge in [-0.3, -0.25) is 4.79 Å². The molecule has 4 nitrogen and oxygen atoms in total. The summed E-state index contributed by atoms with van der Waals surface area (Å²) in [5.41, 5.74) is 1.24. The molecule has 0 fully saturated rings. The van der Waals surface area contributed by atoms with E-state index >= 15 is 0 Å². The molecule has 0 saturated heterocycles. The van der Waals surface area contributed by atoms with Gasteiger partial charge in [-0.15, -0.1) is 23.5 Å². The third-order valence-corrected chi connectivity index (χ3v) is 6.60. The van der Waals surface area contributed by atoms with Crippen molar-refractivity contribution in [1.82, 2.24) is 0 Å². The van der Waals surface area contributed by atoms with E-state index in [9.17, 15) is 9.90 Å². The normalized spacial score (nSPS) is 17.8. The van der Waals surface area contributed by atoms with Crippen LogP contribution >= 0.6 is 35.1 Å². The van der Waals surface area contributed by atoms with E-state index in [1.165, 1.54) is 0 Å². The minimum Gasteiger partial charge on any atom is -0.396 e. The monoisotopic (exact) mass is 427 g/mol. The molecule has 1 unspecified atom stereocenters. The Hall–Kier alpha value is -0.950. The minimum atomic E-state index is -0.192. The molecule has 1 aromatic carbocycles. The van der Waals surface area contributed by atoms with Crippen LogP contribution in [0.4, 0.5) is 0 Å². The number of halogens is 1. The Bertz CT molecular complexity index is 706. The zero-order valence-corrected chi connectivity index (χ0v) is 18.1. The summed E-state index contributed by atoms with van der Waals surface area (Å²) in [6.45, 7) is 2.08. The lowest BCUT2D eigenvalue weighted by atomic mass is 9.85. The number of carbonyl (C=O) groups excluding carboxylic acids is 1. The van der Waals surface area contributed by atoms with E-state index in [-0.39, 0.29) is 12.4 Å². The van der Waals surface area contributed by atoms with Crippen LogP contribution in [-0.4, -0.2) is 41.8 Å². The fourth-order valence-electron chi connectivity index (χ4n) is 2.86. The Morgan fingerprint density at radius 1 is 1.44 bits per heavy atom. The number of hydrogen-bond acceptors (Lipinski definition) is 6. The maximum Gasteiger partial charge on any atom is 0.159 e. The number of ketones is 1. The molecule has 1 N–H and O–H groups in total. The number of rotatable bonds is 10. The van der Waals surface area contributed by atoms with E-state index in [1.807, 2.05) is 25.3 Å². The zero-order valence-electron chi connectivity index (χ0n) is 15.7. The summed E-state index contributed by atoms with van der Waals surface area (Å²) in [5, 5.41) is 14.0. The highest BCUT2D eigenvalue weighted by molar-refractivity contribution is 7.99. The van der Waals surface area contributed by atoms with Gasteiger partial charge in [0.1, 0.15) is 6.61 Å². The molecule has 1 aromatic rings. The molecule has 1 aliphatic rings. The van der Waals surface area contributed by atoms with E-state index in [0.29, 0.717) is 31.1 Å². The molecule has 0 aromatic heterocycles. The molecular formula is C20H26ClNO3S2. The van der Waals surface area contributed by atoms with Crippen molar-refractivity contribution < 1.29 is 14.7 Å². The molecule has 27 heavy (non-hydrogen) atoms. The molecule has 0 spiro atoms. The summed E-state index contributed by atoms with van der Waals surface area (Å²) in [5.74, 6) is 1.49. The van der Waals surface area contributed by atoms with Crippen molar-refractivity contribution in [2.45, 2.75) is 42.4 Å². The first kappa shape index (κ1) is 22.3. The van der Waals surface area contributed by atoms with Gasteiger partial charge in [0.25, 0.3) is 0 Å². The predicted octanol–water partition coefficient (Wildman–Crippen LogP) is 5.22. The van der Waals surface area contributed by atoms with Crippen LogP contribution in [0, 0.1) is 5.92 Å². The second-order valence-electron chi connectivity index (χ2n) is 6.30. The van der Waals surface area contributed by atoms with Crippen molar-refractivity contribution in [1.29, 1.82) is 0 Å². The Morgan fingerprint density at radius 3 is 2.89 bits per heavy atom. The van der Waals surface area contributed by atoms with Crippen molar-refractivity contribution in [2.24, 2.45) is 11.1 Å². The smallest absolute Gasteiger partial charge is 0.159 e. The number of hydrogen-bond donors (Lipinski definition) is 1. The Kier molecular flexibility index (Phi) is 9.76. The topological polar surface area (TPSA) is 58.9 Å². The largest absolute Gasteiger partial charge is 0.396 e. The van der Waals surface area contributed by atoms with Gasteiger partial charge in [-0.1, -0.05) is 22.8 Å². The van der Waals surface area contributed by atoms with E-state index in [0.717, 1.165) is 39.0 Å². The average molecular weight is 428 g/mol. The highest BCUT2D eigenvalue weighted by atomic mass is 35.5. The Morgan fingerprint density at radius 2 is 2.26 bits per heavy atom. The highest BCUT2D eigenvalue weighted by Gasteiger charge is 2.22. The quantitative estimate of drug-likeness (QED) is 0.315. The third kappa shape index (κ3) is 7.18. The van der Waals surface area contributed by atoms with Crippen LogP contribution in [0.5, 0.6) is 0 Å². The SMILES string of the molecule is CCON=C(CO)CC1=CCC(CCSc2ccc(SC)c(Cl)c2)CC1=O. The first-order valence-electron chi connectivity index (χ1n) is 9.04. The first-order chi connectivity index (χ1) is 13.1. The van der Waals surface area contributed by atoms with Crippen molar-refractivity contribution >= 4 is 46.6 Å². The van der Waals surface area contributed by atoms with Gasteiger partial charge in [0, 0.05) is 22.6 Å². The van der Waals surface area contributed by atoms with Gasteiger partial charge in [0.15, 0.2) is 5.78 Å². The Balaban J connectivity index is 1.82. The van der Waals surface area contributed by atoms with Gasteiger partial charge in [-0.25, -0.2) is 0 Å². The molecule has 148 valence electrons. The van der Waals surface area contributed by atoms with E-state index in [2.05, 4.69) is 17.3 Å². The predicted molar refractivity (Wildman–Crippen MR) is 115 cm³/mol. The molecular weight excluding hydrogens is 402 g/mol. The molecule has 1 aliphatic carbocycles. The number of Topliss-reactive ketones (excluding diaryl/α,β-unsaturated/α-hetero) is 1. The molecule has 2 rings (SSSR count). The number of nitrogens with zero attached hydrogens (tertiary/aromatic N) is 1. The Labute approximate surface area is 174 Å². The number of aliphatic hydroxyl groups excluding tert-OH is 1. The van der Waals surface area contributed by atoms with Crippen LogP contribution in [0.2, 0.25) is 5.02 Å².